The molecule has 0 fully saturated rings. The van der Waals surface area contributed by atoms with E-state index in [4.69, 9.17) is 28.9 Å². The van der Waals surface area contributed by atoms with Crippen molar-refractivity contribution in [2.75, 3.05) is 5.75 Å². The molecule has 0 aromatic rings. The number of nitrogens with two attached hydrogens (primary N) is 1. The van der Waals surface area contributed by atoms with E-state index in [9.17, 15) is 4.79 Å². The van der Waals surface area contributed by atoms with Gasteiger partial charge < -0.3 is 10.5 Å². The quantitative estimate of drug-likeness (QED) is 0.421. The van der Waals surface area contributed by atoms with Crippen molar-refractivity contribution in [1.82, 2.24) is 0 Å². The second-order valence-electron chi connectivity index (χ2n) is 1.62. The number of rotatable bonds is 3. The molecule has 0 radical (unpaired) electrons. The summed E-state index contributed by atoms with van der Waals surface area (Å²) in [4.78, 5) is 10.8. The van der Waals surface area contributed by atoms with Crippen LogP contribution in [0.5, 0.6) is 0 Å². The first-order chi connectivity index (χ1) is 5.11. The van der Waals surface area contributed by atoms with E-state index < -0.39 is 12.0 Å². The average molecular weight is 216 g/mol. The lowest BCUT2D eigenvalue weighted by molar-refractivity contribution is -0.139. The molecule has 6 heteroatoms. The van der Waals surface area contributed by atoms with Crippen molar-refractivity contribution in [2.45, 2.75) is 6.04 Å². The zero-order valence-corrected chi connectivity index (χ0v) is 7.87. The van der Waals surface area contributed by atoms with Gasteiger partial charge in [0.1, 0.15) is 6.04 Å². The van der Waals surface area contributed by atoms with Crippen LogP contribution in [0.4, 0.5) is 0 Å². The molecule has 64 valence electrons. The molecule has 1 atom stereocenters. The van der Waals surface area contributed by atoms with E-state index in [1.165, 1.54) is 0 Å². The highest BCUT2D eigenvalue weighted by atomic mass is 35.5. The Bertz CT molecular complexity index is 174. The van der Waals surface area contributed by atoms with E-state index in [2.05, 4.69) is 17.4 Å². The summed E-state index contributed by atoms with van der Waals surface area (Å²) >= 11 is 14.2. The second-order valence-corrected chi connectivity index (χ2v) is 2.58. The van der Waals surface area contributed by atoms with Crippen molar-refractivity contribution in [3.05, 3.63) is 10.8 Å². The largest absolute Gasteiger partial charge is 0.412 e. The SMILES string of the molecule is N[C@@H](CS)C(=O)O/C(Cl)=C/Cl. The second kappa shape index (κ2) is 5.71. The number of hydrogen-bond acceptors (Lipinski definition) is 4. The fraction of sp³-hybridized carbons (Fsp3) is 0.400. The Kier molecular flexibility index (Phi) is 5.76. The van der Waals surface area contributed by atoms with Gasteiger partial charge in [-0.05, 0) is 11.6 Å². The highest BCUT2D eigenvalue weighted by Gasteiger charge is 2.13. The summed E-state index contributed by atoms with van der Waals surface area (Å²) in [5.41, 5.74) is 6.17. The maximum Gasteiger partial charge on any atom is 0.330 e. The Labute approximate surface area is 79.9 Å². The van der Waals surface area contributed by atoms with Crippen LogP contribution >= 0.6 is 35.8 Å². The third-order valence-electron chi connectivity index (χ3n) is 0.783. The molecule has 0 aromatic carbocycles. The summed E-state index contributed by atoms with van der Waals surface area (Å²) in [5, 5.41) is -0.200. The molecule has 0 aliphatic carbocycles. The van der Waals surface area contributed by atoms with E-state index in [1.807, 2.05) is 0 Å². The van der Waals surface area contributed by atoms with Crippen molar-refractivity contribution in [3.63, 3.8) is 0 Å². The van der Waals surface area contributed by atoms with Crippen molar-refractivity contribution in [1.29, 1.82) is 0 Å². The van der Waals surface area contributed by atoms with Crippen LogP contribution < -0.4 is 5.73 Å². The lowest BCUT2D eigenvalue weighted by Crippen LogP contribution is -2.33. The number of carbonyl (C=O) groups is 1. The van der Waals surface area contributed by atoms with Crippen LogP contribution in [0.2, 0.25) is 0 Å². The van der Waals surface area contributed by atoms with Gasteiger partial charge in [0.15, 0.2) is 0 Å². The van der Waals surface area contributed by atoms with Gasteiger partial charge in [-0.2, -0.15) is 12.6 Å². The van der Waals surface area contributed by atoms with E-state index in [0.29, 0.717) is 0 Å². The minimum atomic E-state index is -0.774. The zero-order valence-electron chi connectivity index (χ0n) is 5.46. The molecule has 0 saturated heterocycles. The molecule has 2 N–H and O–H groups in total. The predicted octanol–water partition coefficient (Wildman–Crippen LogP) is 1.06. The van der Waals surface area contributed by atoms with Crippen LogP contribution in [-0.4, -0.2) is 17.8 Å². The van der Waals surface area contributed by atoms with E-state index in [1.54, 1.807) is 0 Å². The van der Waals surface area contributed by atoms with Crippen molar-refractivity contribution >= 4 is 41.8 Å². The summed E-state index contributed by atoms with van der Waals surface area (Å²) in [6, 6.07) is -0.774. The number of ether oxygens (including phenoxy) is 1. The molecule has 0 aliphatic heterocycles. The van der Waals surface area contributed by atoms with Crippen LogP contribution in [0, 0.1) is 0 Å². The Morgan fingerprint density at radius 3 is 2.73 bits per heavy atom. The molecule has 11 heavy (non-hydrogen) atoms. The average Bonchev–Trinajstić information content (AvgIpc) is 2.02. The molecule has 0 spiro atoms. The van der Waals surface area contributed by atoms with Gasteiger partial charge in [0.25, 0.3) is 0 Å². The molecular formula is C5H7Cl2NO2S. The fourth-order valence-corrected chi connectivity index (χ4v) is 0.538. The van der Waals surface area contributed by atoms with Gasteiger partial charge in [-0.25, -0.2) is 4.79 Å². The normalized spacial score (nSPS) is 14.4. The van der Waals surface area contributed by atoms with Crippen LogP contribution in [0.1, 0.15) is 0 Å². The molecule has 3 nitrogen and oxygen atoms in total. The molecule has 0 heterocycles. The minimum absolute atomic E-state index is 0.200. The molecule has 0 unspecified atom stereocenters. The van der Waals surface area contributed by atoms with Crippen LogP contribution in [0.25, 0.3) is 0 Å². The van der Waals surface area contributed by atoms with Crippen molar-refractivity contribution < 1.29 is 9.53 Å². The Morgan fingerprint density at radius 2 is 2.36 bits per heavy atom. The lowest BCUT2D eigenvalue weighted by atomic mass is 10.4. The van der Waals surface area contributed by atoms with E-state index in [-0.39, 0.29) is 11.0 Å². The molecule has 0 bridgehead atoms. The first kappa shape index (κ1) is 11.1. The molecule has 0 saturated carbocycles. The van der Waals surface area contributed by atoms with Gasteiger partial charge in [0, 0.05) is 5.75 Å². The van der Waals surface area contributed by atoms with Crippen LogP contribution in [0.15, 0.2) is 10.8 Å². The first-order valence-corrected chi connectivity index (χ1v) is 4.10. The lowest BCUT2D eigenvalue weighted by Gasteiger charge is -2.05. The number of carbonyl (C=O) groups excluding carboxylic acids is 1. The summed E-state index contributed by atoms with van der Waals surface area (Å²) in [7, 11) is 0. The minimum Gasteiger partial charge on any atom is -0.412 e. The van der Waals surface area contributed by atoms with Gasteiger partial charge in [0.2, 0.25) is 5.22 Å². The zero-order chi connectivity index (χ0) is 8.85. The topological polar surface area (TPSA) is 52.3 Å². The third-order valence-corrected chi connectivity index (χ3v) is 1.67. The van der Waals surface area contributed by atoms with Crippen LogP contribution in [0.3, 0.4) is 0 Å². The molecule has 0 amide bonds. The van der Waals surface area contributed by atoms with Crippen molar-refractivity contribution in [2.24, 2.45) is 5.73 Å². The van der Waals surface area contributed by atoms with Gasteiger partial charge in [-0.3, -0.25) is 0 Å². The van der Waals surface area contributed by atoms with Gasteiger partial charge in [-0.1, -0.05) is 11.6 Å². The van der Waals surface area contributed by atoms with Crippen molar-refractivity contribution in [3.8, 4) is 0 Å². The molecule has 0 aromatic heterocycles. The number of hydrogen-bond donors (Lipinski definition) is 2. The summed E-state index contributed by atoms with van der Waals surface area (Å²) in [6.45, 7) is 0. The molecular weight excluding hydrogens is 209 g/mol. The number of thiol groups is 1. The van der Waals surface area contributed by atoms with Gasteiger partial charge >= 0.3 is 5.97 Å². The van der Waals surface area contributed by atoms with E-state index in [0.717, 1.165) is 5.54 Å². The fourth-order valence-electron chi connectivity index (χ4n) is 0.269. The molecule has 0 aliphatic rings. The predicted molar refractivity (Wildman–Crippen MR) is 47.7 cm³/mol. The first-order valence-electron chi connectivity index (χ1n) is 2.65. The smallest absolute Gasteiger partial charge is 0.330 e. The Morgan fingerprint density at radius 1 is 1.82 bits per heavy atom. The monoisotopic (exact) mass is 215 g/mol. The molecule has 0 rings (SSSR count). The third kappa shape index (κ3) is 4.53. The standard InChI is InChI=1S/C5H7Cl2NO2S/c6-1-4(7)10-5(9)3(8)2-11/h1,3,11H,2,8H2/b4-1+/t3-/m0/s1. The highest BCUT2D eigenvalue weighted by molar-refractivity contribution is 7.80. The highest BCUT2D eigenvalue weighted by Crippen LogP contribution is 2.06. The summed E-state index contributed by atoms with van der Waals surface area (Å²) in [6.07, 6.45) is 0. The Balaban J connectivity index is 3.87. The summed E-state index contributed by atoms with van der Waals surface area (Å²) in [5.74, 6) is -0.451. The van der Waals surface area contributed by atoms with E-state index >= 15 is 0 Å². The number of halogens is 2. The van der Waals surface area contributed by atoms with Gasteiger partial charge in [0.05, 0.1) is 5.54 Å². The number of esters is 1. The van der Waals surface area contributed by atoms with Crippen LogP contribution in [-0.2, 0) is 9.53 Å². The maximum absolute atomic E-state index is 10.8. The van der Waals surface area contributed by atoms with Gasteiger partial charge in [-0.15, -0.1) is 0 Å². The summed E-state index contributed by atoms with van der Waals surface area (Å²) < 4.78 is 4.43. The maximum atomic E-state index is 10.8. The Hall–Kier alpha value is 0.1000.